The SMILES string of the molecule is CC#CCCOc1cc(OC)ccc1[C@H](C)O. The smallest absolute Gasteiger partial charge is 0.128 e. The molecule has 0 spiro atoms. The molecule has 1 aromatic carbocycles. The van der Waals surface area contributed by atoms with E-state index in [-0.39, 0.29) is 0 Å². The van der Waals surface area contributed by atoms with Crippen molar-refractivity contribution in [2.24, 2.45) is 0 Å². The third kappa shape index (κ3) is 4.01. The van der Waals surface area contributed by atoms with Gasteiger partial charge in [-0.1, -0.05) is 0 Å². The highest BCUT2D eigenvalue weighted by Crippen LogP contribution is 2.29. The number of hydrogen-bond donors (Lipinski definition) is 1. The van der Waals surface area contributed by atoms with Crippen molar-refractivity contribution < 1.29 is 14.6 Å². The van der Waals surface area contributed by atoms with Gasteiger partial charge in [-0.15, -0.1) is 11.8 Å². The van der Waals surface area contributed by atoms with Gasteiger partial charge < -0.3 is 14.6 Å². The van der Waals surface area contributed by atoms with Crippen molar-refractivity contribution in [2.75, 3.05) is 13.7 Å². The van der Waals surface area contributed by atoms with Gasteiger partial charge in [-0.05, 0) is 26.0 Å². The van der Waals surface area contributed by atoms with Gasteiger partial charge in [0.05, 0.1) is 19.8 Å². The van der Waals surface area contributed by atoms with Crippen LogP contribution in [0.5, 0.6) is 11.5 Å². The first-order chi connectivity index (χ1) is 8.19. The maximum atomic E-state index is 9.62. The Kier molecular flexibility index (Phi) is 5.38. The molecule has 0 saturated heterocycles. The average molecular weight is 234 g/mol. The van der Waals surface area contributed by atoms with Gasteiger partial charge in [-0.2, -0.15) is 0 Å². The summed E-state index contributed by atoms with van der Waals surface area (Å²) >= 11 is 0. The van der Waals surface area contributed by atoms with Crippen molar-refractivity contribution in [1.82, 2.24) is 0 Å². The molecule has 0 fully saturated rings. The molecule has 3 heteroatoms. The van der Waals surface area contributed by atoms with E-state index in [1.165, 1.54) is 0 Å². The zero-order valence-electron chi connectivity index (χ0n) is 10.5. The molecular formula is C14H18O3. The van der Waals surface area contributed by atoms with Crippen LogP contribution in [-0.4, -0.2) is 18.8 Å². The Morgan fingerprint density at radius 3 is 2.76 bits per heavy atom. The molecule has 92 valence electrons. The van der Waals surface area contributed by atoms with Crippen LogP contribution >= 0.6 is 0 Å². The topological polar surface area (TPSA) is 38.7 Å². The Labute approximate surface area is 102 Å². The van der Waals surface area contributed by atoms with E-state index in [1.807, 2.05) is 6.07 Å². The highest BCUT2D eigenvalue weighted by atomic mass is 16.5. The standard InChI is InChI=1S/C14H18O3/c1-4-5-6-9-17-14-10-12(16-3)7-8-13(14)11(2)15/h7-8,10-11,15H,6,9H2,1-3H3/t11-/m0/s1. The van der Waals surface area contributed by atoms with Crippen molar-refractivity contribution in [2.45, 2.75) is 26.4 Å². The molecule has 0 aliphatic carbocycles. The summed E-state index contributed by atoms with van der Waals surface area (Å²) in [7, 11) is 1.60. The molecule has 0 aromatic heterocycles. The second-order valence-corrected chi connectivity index (χ2v) is 3.60. The Morgan fingerprint density at radius 2 is 2.18 bits per heavy atom. The second kappa shape index (κ2) is 6.82. The lowest BCUT2D eigenvalue weighted by Gasteiger charge is -2.14. The molecule has 1 aromatic rings. The van der Waals surface area contributed by atoms with Crippen molar-refractivity contribution in [1.29, 1.82) is 0 Å². The van der Waals surface area contributed by atoms with Crippen LogP contribution in [0.3, 0.4) is 0 Å². The van der Waals surface area contributed by atoms with Crippen molar-refractivity contribution in [3.05, 3.63) is 23.8 Å². The molecule has 1 rings (SSSR count). The molecule has 17 heavy (non-hydrogen) atoms. The third-order valence-electron chi connectivity index (χ3n) is 2.33. The van der Waals surface area contributed by atoms with Gasteiger partial charge in [0.2, 0.25) is 0 Å². The van der Waals surface area contributed by atoms with Gasteiger partial charge in [0, 0.05) is 18.1 Å². The van der Waals surface area contributed by atoms with E-state index in [4.69, 9.17) is 9.47 Å². The lowest BCUT2D eigenvalue weighted by Crippen LogP contribution is -2.02. The maximum absolute atomic E-state index is 9.62. The molecule has 0 radical (unpaired) electrons. The number of methoxy groups -OCH3 is 1. The number of rotatable bonds is 5. The molecule has 0 heterocycles. The van der Waals surface area contributed by atoms with E-state index >= 15 is 0 Å². The maximum Gasteiger partial charge on any atom is 0.128 e. The lowest BCUT2D eigenvalue weighted by molar-refractivity contribution is 0.191. The first-order valence-electron chi connectivity index (χ1n) is 5.57. The summed E-state index contributed by atoms with van der Waals surface area (Å²) in [6.07, 6.45) is 0.112. The molecule has 0 bridgehead atoms. The zero-order valence-corrected chi connectivity index (χ0v) is 10.5. The van der Waals surface area contributed by atoms with E-state index in [2.05, 4.69) is 11.8 Å². The summed E-state index contributed by atoms with van der Waals surface area (Å²) in [6.45, 7) is 4.01. The van der Waals surface area contributed by atoms with Gasteiger partial charge in [0.15, 0.2) is 0 Å². The van der Waals surface area contributed by atoms with E-state index in [0.717, 1.165) is 5.56 Å². The highest BCUT2D eigenvalue weighted by Gasteiger charge is 2.10. The fourth-order valence-electron chi connectivity index (χ4n) is 1.45. The van der Waals surface area contributed by atoms with Crippen LogP contribution in [0.25, 0.3) is 0 Å². The molecule has 3 nitrogen and oxygen atoms in total. The zero-order chi connectivity index (χ0) is 12.7. The van der Waals surface area contributed by atoms with Crippen molar-refractivity contribution in [3.63, 3.8) is 0 Å². The van der Waals surface area contributed by atoms with Crippen molar-refractivity contribution >= 4 is 0 Å². The monoisotopic (exact) mass is 234 g/mol. The summed E-state index contributed by atoms with van der Waals surface area (Å²) in [5, 5.41) is 9.62. The third-order valence-corrected chi connectivity index (χ3v) is 2.33. The molecule has 1 atom stereocenters. The predicted molar refractivity (Wildman–Crippen MR) is 67.2 cm³/mol. The summed E-state index contributed by atoms with van der Waals surface area (Å²) < 4.78 is 10.7. The fourth-order valence-corrected chi connectivity index (χ4v) is 1.45. The van der Waals surface area contributed by atoms with E-state index < -0.39 is 6.10 Å². The molecule has 0 aliphatic heterocycles. The Balaban J connectivity index is 2.80. The Hall–Kier alpha value is -1.66. The predicted octanol–water partition coefficient (Wildman–Crippen LogP) is 2.54. The summed E-state index contributed by atoms with van der Waals surface area (Å²) in [5.74, 6) is 7.10. The molecule has 0 saturated carbocycles. The van der Waals surface area contributed by atoms with Gasteiger partial charge in [0.1, 0.15) is 11.5 Å². The Bertz CT molecular complexity index is 413. The van der Waals surface area contributed by atoms with Crippen LogP contribution in [0, 0.1) is 11.8 Å². The van der Waals surface area contributed by atoms with Gasteiger partial charge in [-0.3, -0.25) is 0 Å². The molecule has 0 unspecified atom stereocenters. The summed E-state index contributed by atoms with van der Waals surface area (Å²) in [5.41, 5.74) is 0.759. The van der Waals surface area contributed by atoms with Gasteiger partial charge in [0.25, 0.3) is 0 Å². The lowest BCUT2D eigenvalue weighted by atomic mass is 10.1. The number of benzene rings is 1. The van der Waals surface area contributed by atoms with Crippen LogP contribution in [0.15, 0.2) is 18.2 Å². The molecular weight excluding hydrogens is 216 g/mol. The molecule has 0 amide bonds. The normalized spacial score (nSPS) is 11.3. The number of hydrogen-bond acceptors (Lipinski definition) is 3. The van der Waals surface area contributed by atoms with E-state index in [0.29, 0.717) is 24.5 Å². The van der Waals surface area contributed by atoms with Gasteiger partial charge >= 0.3 is 0 Å². The number of ether oxygens (including phenoxy) is 2. The van der Waals surface area contributed by atoms with Crippen LogP contribution in [0.4, 0.5) is 0 Å². The highest BCUT2D eigenvalue weighted by molar-refractivity contribution is 5.41. The number of aliphatic hydroxyl groups excluding tert-OH is 1. The van der Waals surface area contributed by atoms with Crippen LogP contribution in [0.2, 0.25) is 0 Å². The first-order valence-corrected chi connectivity index (χ1v) is 5.57. The Morgan fingerprint density at radius 1 is 1.41 bits per heavy atom. The largest absolute Gasteiger partial charge is 0.497 e. The van der Waals surface area contributed by atoms with Crippen LogP contribution in [-0.2, 0) is 0 Å². The summed E-state index contributed by atoms with van der Waals surface area (Å²) in [6, 6.07) is 5.40. The summed E-state index contributed by atoms with van der Waals surface area (Å²) in [4.78, 5) is 0. The first kappa shape index (κ1) is 13.4. The molecule has 1 N–H and O–H groups in total. The minimum atomic E-state index is -0.562. The van der Waals surface area contributed by atoms with E-state index in [1.54, 1.807) is 33.1 Å². The minimum absolute atomic E-state index is 0.508. The average Bonchev–Trinajstić information content (AvgIpc) is 2.34. The minimum Gasteiger partial charge on any atom is -0.497 e. The van der Waals surface area contributed by atoms with E-state index in [9.17, 15) is 5.11 Å². The molecule has 0 aliphatic rings. The van der Waals surface area contributed by atoms with Crippen molar-refractivity contribution in [3.8, 4) is 23.3 Å². The van der Waals surface area contributed by atoms with Gasteiger partial charge in [-0.25, -0.2) is 0 Å². The van der Waals surface area contributed by atoms with Crippen LogP contribution < -0.4 is 9.47 Å². The second-order valence-electron chi connectivity index (χ2n) is 3.60. The van der Waals surface area contributed by atoms with Crippen LogP contribution in [0.1, 0.15) is 31.9 Å². The fraction of sp³-hybridized carbons (Fsp3) is 0.429. The quantitative estimate of drug-likeness (QED) is 0.628. The number of aliphatic hydroxyl groups is 1.